The molecule has 1 unspecified atom stereocenters. The van der Waals surface area contributed by atoms with Gasteiger partial charge in [0.1, 0.15) is 0 Å². The fraction of sp³-hybridized carbons (Fsp3) is 0.444. The molecule has 1 atom stereocenters. The maximum Gasteiger partial charge on any atom is 0.0960 e. The standard InChI is InChI=1S/C9H13NOS/c1-2-8(11)7-12-9-5-3-4-6-10-9/h3-6,8,11H,2,7H2,1H3. The van der Waals surface area contributed by atoms with Crippen LogP contribution in [-0.4, -0.2) is 21.9 Å². The molecular weight excluding hydrogens is 170 g/mol. The van der Waals surface area contributed by atoms with Gasteiger partial charge in [-0.05, 0) is 18.6 Å². The Bertz CT molecular complexity index is 215. The van der Waals surface area contributed by atoms with E-state index in [0.29, 0.717) is 0 Å². The number of pyridine rings is 1. The maximum absolute atomic E-state index is 9.27. The Morgan fingerprint density at radius 1 is 1.58 bits per heavy atom. The van der Waals surface area contributed by atoms with Crippen LogP contribution in [0.15, 0.2) is 29.4 Å². The van der Waals surface area contributed by atoms with Crippen molar-refractivity contribution in [3.63, 3.8) is 0 Å². The van der Waals surface area contributed by atoms with Crippen LogP contribution in [0.4, 0.5) is 0 Å². The Morgan fingerprint density at radius 3 is 3.00 bits per heavy atom. The molecule has 2 nitrogen and oxygen atoms in total. The highest BCUT2D eigenvalue weighted by Gasteiger charge is 2.01. The van der Waals surface area contributed by atoms with Gasteiger partial charge in [-0.15, -0.1) is 11.8 Å². The van der Waals surface area contributed by atoms with Crippen molar-refractivity contribution in [2.45, 2.75) is 24.5 Å². The first-order valence-corrected chi connectivity index (χ1v) is 5.03. The van der Waals surface area contributed by atoms with Crippen LogP contribution in [0.3, 0.4) is 0 Å². The SMILES string of the molecule is CCC(O)CSc1ccccn1. The first kappa shape index (κ1) is 9.55. The molecule has 0 bridgehead atoms. The zero-order valence-corrected chi connectivity index (χ0v) is 7.92. The van der Waals surface area contributed by atoms with E-state index >= 15 is 0 Å². The lowest BCUT2D eigenvalue weighted by Crippen LogP contribution is -2.07. The van der Waals surface area contributed by atoms with Crippen LogP contribution < -0.4 is 0 Å². The van der Waals surface area contributed by atoms with E-state index in [-0.39, 0.29) is 6.10 Å². The Balaban J connectivity index is 2.33. The molecule has 0 radical (unpaired) electrons. The van der Waals surface area contributed by atoms with E-state index in [1.807, 2.05) is 25.1 Å². The summed E-state index contributed by atoms with van der Waals surface area (Å²) in [5, 5.41) is 10.2. The lowest BCUT2D eigenvalue weighted by atomic mass is 10.3. The van der Waals surface area contributed by atoms with Crippen molar-refractivity contribution in [1.82, 2.24) is 4.98 Å². The lowest BCUT2D eigenvalue weighted by Gasteiger charge is -2.05. The molecule has 0 saturated carbocycles. The summed E-state index contributed by atoms with van der Waals surface area (Å²) in [6, 6.07) is 5.79. The molecule has 0 spiro atoms. The van der Waals surface area contributed by atoms with Crippen molar-refractivity contribution in [3.8, 4) is 0 Å². The average molecular weight is 183 g/mol. The highest BCUT2D eigenvalue weighted by Crippen LogP contribution is 2.15. The van der Waals surface area contributed by atoms with Gasteiger partial charge in [0.25, 0.3) is 0 Å². The van der Waals surface area contributed by atoms with Gasteiger partial charge >= 0.3 is 0 Å². The predicted molar refractivity (Wildman–Crippen MR) is 51.3 cm³/mol. The van der Waals surface area contributed by atoms with Gasteiger partial charge in [-0.2, -0.15) is 0 Å². The zero-order chi connectivity index (χ0) is 8.81. The van der Waals surface area contributed by atoms with E-state index in [1.165, 1.54) is 0 Å². The minimum Gasteiger partial charge on any atom is -0.392 e. The predicted octanol–water partition coefficient (Wildman–Crippen LogP) is 1.94. The van der Waals surface area contributed by atoms with Gasteiger partial charge in [0.15, 0.2) is 0 Å². The van der Waals surface area contributed by atoms with Gasteiger partial charge in [0, 0.05) is 11.9 Å². The molecule has 1 aromatic heterocycles. The molecule has 1 heterocycles. The van der Waals surface area contributed by atoms with Crippen LogP contribution in [0.2, 0.25) is 0 Å². The second kappa shape index (κ2) is 5.17. The number of hydrogen-bond donors (Lipinski definition) is 1. The molecule has 3 heteroatoms. The van der Waals surface area contributed by atoms with Crippen LogP contribution in [-0.2, 0) is 0 Å². The first-order chi connectivity index (χ1) is 5.83. The van der Waals surface area contributed by atoms with Crippen LogP contribution >= 0.6 is 11.8 Å². The minimum atomic E-state index is -0.211. The molecule has 1 N–H and O–H groups in total. The van der Waals surface area contributed by atoms with E-state index in [9.17, 15) is 5.11 Å². The van der Waals surface area contributed by atoms with Crippen LogP contribution in [0.5, 0.6) is 0 Å². The monoisotopic (exact) mass is 183 g/mol. The number of aromatic nitrogens is 1. The Hall–Kier alpha value is -0.540. The third-order valence-electron chi connectivity index (χ3n) is 1.53. The van der Waals surface area contributed by atoms with Gasteiger partial charge in [0.05, 0.1) is 11.1 Å². The molecule has 0 fully saturated rings. The average Bonchev–Trinajstić information content (AvgIpc) is 2.16. The van der Waals surface area contributed by atoms with Gasteiger partial charge < -0.3 is 5.11 Å². The molecule has 66 valence electrons. The summed E-state index contributed by atoms with van der Waals surface area (Å²) in [5.74, 6) is 0.730. The van der Waals surface area contributed by atoms with Crippen molar-refractivity contribution < 1.29 is 5.11 Å². The fourth-order valence-electron chi connectivity index (χ4n) is 0.732. The highest BCUT2D eigenvalue weighted by molar-refractivity contribution is 7.99. The molecule has 0 aliphatic carbocycles. The third-order valence-corrected chi connectivity index (χ3v) is 2.62. The third kappa shape index (κ3) is 3.24. The van der Waals surface area contributed by atoms with Crippen LogP contribution in [0.1, 0.15) is 13.3 Å². The number of aliphatic hydroxyl groups is 1. The van der Waals surface area contributed by atoms with E-state index in [0.717, 1.165) is 17.2 Å². The summed E-state index contributed by atoms with van der Waals surface area (Å²) < 4.78 is 0. The first-order valence-electron chi connectivity index (χ1n) is 4.05. The van der Waals surface area contributed by atoms with Crippen molar-refractivity contribution in [2.24, 2.45) is 0 Å². The number of thioether (sulfide) groups is 1. The Morgan fingerprint density at radius 2 is 2.42 bits per heavy atom. The van der Waals surface area contributed by atoms with Crippen LogP contribution in [0.25, 0.3) is 0 Å². The summed E-state index contributed by atoms with van der Waals surface area (Å²) in [6.45, 7) is 1.98. The fourth-order valence-corrected chi connectivity index (χ4v) is 1.64. The maximum atomic E-state index is 9.27. The van der Waals surface area contributed by atoms with Gasteiger partial charge in [-0.1, -0.05) is 13.0 Å². The van der Waals surface area contributed by atoms with Crippen molar-refractivity contribution in [1.29, 1.82) is 0 Å². The summed E-state index contributed by atoms with van der Waals surface area (Å²) in [5.41, 5.74) is 0. The number of aliphatic hydroxyl groups excluding tert-OH is 1. The molecule has 0 saturated heterocycles. The second-order valence-corrected chi connectivity index (χ2v) is 3.58. The number of nitrogens with zero attached hydrogens (tertiary/aromatic N) is 1. The summed E-state index contributed by atoms with van der Waals surface area (Å²) >= 11 is 1.59. The van der Waals surface area contributed by atoms with E-state index < -0.39 is 0 Å². The summed E-state index contributed by atoms with van der Waals surface area (Å²) in [6.07, 6.45) is 2.36. The smallest absolute Gasteiger partial charge is 0.0960 e. The quantitative estimate of drug-likeness (QED) is 0.724. The largest absolute Gasteiger partial charge is 0.392 e. The van der Waals surface area contributed by atoms with Crippen molar-refractivity contribution >= 4 is 11.8 Å². The number of hydrogen-bond acceptors (Lipinski definition) is 3. The number of rotatable bonds is 4. The second-order valence-electron chi connectivity index (χ2n) is 2.54. The molecule has 1 aromatic rings. The molecule has 12 heavy (non-hydrogen) atoms. The van der Waals surface area contributed by atoms with Gasteiger partial charge in [-0.25, -0.2) is 4.98 Å². The Kier molecular flexibility index (Phi) is 4.11. The Labute approximate surface area is 77.0 Å². The van der Waals surface area contributed by atoms with E-state index in [1.54, 1.807) is 18.0 Å². The normalized spacial score (nSPS) is 12.8. The van der Waals surface area contributed by atoms with Gasteiger partial charge in [0.2, 0.25) is 0 Å². The summed E-state index contributed by atoms with van der Waals surface area (Å²) in [7, 11) is 0. The highest BCUT2D eigenvalue weighted by atomic mass is 32.2. The molecule has 1 rings (SSSR count). The zero-order valence-electron chi connectivity index (χ0n) is 7.10. The summed E-state index contributed by atoms with van der Waals surface area (Å²) in [4.78, 5) is 4.14. The molecular formula is C9H13NOS. The molecule has 0 amide bonds. The topological polar surface area (TPSA) is 33.1 Å². The van der Waals surface area contributed by atoms with Crippen LogP contribution in [0, 0.1) is 0 Å². The minimum absolute atomic E-state index is 0.211. The molecule has 0 aliphatic heterocycles. The lowest BCUT2D eigenvalue weighted by molar-refractivity contribution is 0.195. The van der Waals surface area contributed by atoms with E-state index in [2.05, 4.69) is 4.98 Å². The van der Waals surface area contributed by atoms with Gasteiger partial charge in [-0.3, -0.25) is 0 Å². The van der Waals surface area contributed by atoms with E-state index in [4.69, 9.17) is 0 Å². The molecule has 0 aliphatic rings. The molecule has 0 aromatic carbocycles. The van der Waals surface area contributed by atoms with Crippen molar-refractivity contribution in [3.05, 3.63) is 24.4 Å². The van der Waals surface area contributed by atoms with Crippen molar-refractivity contribution in [2.75, 3.05) is 5.75 Å².